The molecule has 2 aromatic rings. The lowest BCUT2D eigenvalue weighted by Gasteiger charge is -2.19. The van der Waals surface area contributed by atoms with Gasteiger partial charge in [-0.25, -0.2) is 8.78 Å². The molecule has 0 bridgehead atoms. The topological polar surface area (TPSA) is 53.1 Å². The summed E-state index contributed by atoms with van der Waals surface area (Å²) in [6.45, 7) is 2.88. The van der Waals surface area contributed by atoms with Crippen molar-refractivity contribution in [2.24, 2.45) is 5.41 Å². The number of halogens is 2. The first-order chi connectivity index (χ1) is 8.33. The normalized spacial score (nSPS) is 12.0. The highest BCUT2D eigenvalue weighted by Crippen LogP contribution is 2.29. The number of hydrogen-bond acceptors (Lipinski definition) is 1. The molecule has 0 aliphatic rings. The maximum Gasteiger partial charge on any atom is 0.309 e. The summed E-state index contributed by atoms with van der Waals surface area (Å²) in [6, 6.07) is 2.77. The van der Waals surface area contributed by atoms with Gasteiger partial charge in [-0.15, -0.1) is 0 Å². The number of carboxylic acids is 1. The molecule has 0 unspecified atom stereocenters. The Morgan fingerprint density at radius 2 is 2.11 bits per heavy atom. The Hall–Kier alpha value is -1.91. The highest BCUT2D eigenvalue weighted by atomic mass is 19.1. The molecule has 2 rings (SSSR count). The van der Waals surface area contributed by atoms with Crippen molar-refractivity contribution in [1.82, 2.24) is 4.98 Å². The Kier molecular flexibility index (Phi) is 2.84. The molecule has 0 saturated heterocycles. The van der Waals surface area contributed by atoms with Crippen molar-refractivity contribution < 1.29 is 18.7 Å². The number of aromatic nitrogens is 1. The molecule has 0 amide bonds. The van der Waals surface area contributed by atoms with Crippen LogP contribution >= 0.6 is 0 Å². The van der Waals surface area contributed by atoms with E-state index in [4.69, 9.17) is 5.11 Å². The van der Waals surface area contributed by atoms with Gasteiger partial charge in [0.2, 0.25) is 0 Å². The van der Waals surface area contributed by atoms with Gasteiger partial charge in [0.1, 0.15) is 5.82 Å². The highest BCUT2D eigenvalue weighted by molar-refractivity contribution is 5.81. The van der Waals surface area contributed by atoms with Gasteiger partial charge in [0.25, 0.3) is 0 Å². The van der Waals surface area contributed by atoms with E-state index in [0.717, 1.165) is 0 Å². The van der Waals surface area contributed by atoms with E-state index in [0.29, 0.717) is 5.39 Å². The second-order valence-electron chi connectivity index (χ2n) is 4.96. The van der Waals surface area contributed by atoms with Crippen LogP contribution in [0.3, 0.4) is 0 Å². The number of benzene rings is 1. The van der Waals surface area contributed by atoms with E-state index in [9.17, 15) is 13.6 Å². The molecule has 0 spiro atoms. The van der Waals surface area contributed by atoms with Gasteiger partial charge in [-0.2, -0.15) is 0 Å². The number of rotatable bonds is 3. The number of nitrogens with one attached hydrogen (secondary N) is 1. The van der Waals surface area contributed by atoms with Crippen molar-refractivity contribution in [2.75, 3.05) is 0 Å². The minimum atomic E-state index is -1.22. The zero-order chi connectivity index (χ0) is 13.5. The molecule has 1 aromatic heterocycles. The van der Waals surface area contributed by atoms with Gasteiger partial charge in [-0.05, 0) is 32.4 Å². The number of aromatic amines is 1. The number of fused-ring (bicyclic) bond motifs is 1. The monoisotopic (exact) mass is 253 g/mol. The third kappa shape index (κ3) is 1.96. The summed E-state index contributed by atoms with van der Waals surface area (Å²) in [6.07, 6.45) is 1.31. The van der Waals surface area contributed by atoms with Gasteiger partial charge in [0.05, 0.1) is 10.9 Å². The summed E-state index contributed by atoms with van der Waals surface area (Å²) in [5.74, 6) is -2.52. The van der Waals surface area contributed by atoms with E-state index in [-0.39, 0.29) is 17.5 Å². The van der Waals surface area contributed by atoms with Gasteiger partial charge in [0, 0.05) is 17.1 Å². The molecule has 0 aliphatic carbocycles. The second kappa shape index (κ2) is 4.08. The summed E-state index contributed by atoms with van der Waals surface area (Å²) >= 11 is 0. The average Bonchev–Trinajstić information content (AvgIpc) is 2.72. The van der Waals surface area contributed by atoms with Crippen LogP contribution in [0.2, 0.25) is 0 Å². The fraction of sp³-hybridized carbons (Fsp3) is 0.308. The first-order valence-corrected chi connectivity index (χ1v) is 5.50. The molecule has 0 fully saturated rings. The lowest BCUT2D eigenvalue weighted by molar-refractivity contribution is -0.146. The molecule has 5 heteroatoms. The maximum absolute atomic E-state index is 14.1. The lowest BCUT2D eigenvalue weighted by Crippen LogP contribution is -2.27. The zero-order valence-corrected chi connectivity index (χ0v) is 10.1. The molecule has 3 nitrogen and oxygen atoms in total. The Morgan fingerprint density at radius 1 is 1.44 bits per heavy atom. The van der Waals surface area contributed by atoms with E-state index in [2.05, 4.69) is 4.98 Å². The fourth-order valence-corrected chi connectivity index (χ4v) is 1.85. The Morgan fingerprint density at radius 3 is 2.72 bits per heavy atom. The maximum atomic E-state index is 14.1. The molecule has 0 radical (unpaired) electrons. The van der Waals surface area contributed by atoms with Crippen LogP contribution in [-0.2, 0) is 11.2 Å². The number of hydrogen-bond donors (Lipinski definition) is 2. The molecule has 1 aromatic carbocycles. The molecule has 96 valence electrons. The van der Waals surface area contributed by atoms with Crippen LogP contribution in [0.4, 0.5) is 8.78 Å². The van der Waals surface area contributed by atoms with Crippen molar-refractivity contribution in [3.63, 3.8) is 0 Å². The summed E-state index contributed by atoms with van der Waals surface area (Å²) in [5, 5.41) is 9.44. The van der Waals surface area contributed by atoms with Crippen LogP contribution in [0.1, 0.15) is 19.4 Å². The van der Waals surface area contributed by atoms with Crippen LogP contribution < -0.4 is 0 Å². The quantitative estimate of drug-likeness (QED) is 0.883. The number of carboxylic acid groups (broad SMARTS) is 1. The average molecular weight is 253 g/mol. The molecule has 0 atom stereocenters. The van der Waals surface area contributed by atoms with Gasteiger partial charge in [-0.1, -0.05) is 0 Å². The predicted molar refractivity (Wildman–Crippen MR) is 63.3 cm³/mol. The summed E-state index contributed by atoms with van der Waals surface area (Å²) < 4.78 is 27.9. The molecule has 0 aliphatic heterocycles. The predicted octanol–water partition coefficient (Wildman–Crippen LogP) is 3.10. The van der Waals surface area contributed by atoms with E-state index in [1.807, 2.05) is 0 Å². The van der Waals surface area contributed by atoms with Gasteiger partial charge < -0.3 is 10.1 Å². The number of aliphatic carboxylic acids is 1. The van der Waals surface area contributed by atoms with Crippen LogP contribution in [0, 0.1) is 17.0 Å². The summed E-state index contributed by atoms with van der Waals surface area (Å²) in [4.78, 5) is 13.7. The number of carbonyl (C=O) groups is 1. The van der Waals surface area contributed by atoms with Crippen molar-refractivity contribution >= 4 is 16.9 Å². The standard InChI is InChI=1S/C13H13F2NO2/c1-13(2,12(17)18)6-8-9(14)5-7-3-4-16-11(7)10(8)15/h3-5,16H,6H2,1-2H3,(H,17,18). The van der Waals surface area contributed by atoms with Crippen molar-refractivity contribution in [2.45, 2.75) is 20.3 Å². The van der Waals surface area contributed by atoms with Crippen molar-refractivity contribution in [3.8, 4) is 0 Å². The van der Waals surface area contributed by atoms with E-state index >= 15 is 0 Å². The third-order valence-corrected chi connectivity index (χ3v) is 3.03. The smallest absolute Gasteiger partial charge is 0.309 e. The van der Waals surface area contributed by atoms with Crippen LogP contribution in [-0.4, -0.2) is 16.1 Å². The molecule has 1 heterocycles. The molecule has 2 N–H and O–H groups in total. The van der Waals surface area contributed by atoms with Crippen LogP contribution in [0.5, 0.6) is 0 Å². The van der Waals surface area contributed by atoms with Crippen LogP contribution in [0.25, 0.3) is 10.9 Å². The summed E-state index contributed by atoms with van der Waals surface area (Å²) in [7, 11) is 0. The molecule has 0 saturated carbocycles. The van der Waals surface area contributed by atoms with Crippen LogP contribution in [0.15, 0.2) is 18.3 Å². The number of H-pyrrole nitrogens is 1. The van der Waals surface area contributed by atoms with Crippen molar-refractivity contribution in [3.05, 3.63) is 35.5 Å². The van der Waals surface area contributed by atoms with E-state index in [1.165, 1.54) is 26.1 Å². The van der Waals surface area contributed by atoms with E-state index < -0.39 is 23.0 Å². The minimum absolute atomic E-state index is 0.197. The third-order valence-electron chi connectivity index (χ3n) is 3.03. The largest absolute Gasteiger partial charge is 0.481 e. The Bertz CT molecular complexity index is 617. The van der Waals surface area contributed by atoms with Gasteiger partial charge in [-0.3, -0.25) is 4.79 Å². The molecule has 18 heavy (non-hydrogen) atoms. The van der Waals surface area contributed by atoms with Crippen molar-refractivity contribution in [1.29, 1.82) is 0 Å². The fourth-order valence-electron chi connectivity index (χ4n) is 1.85. The highest BCUT2D eigenvalue weighted by Gasteiger charge is 2.30. The second-order valence-corrected chi connectivity index (χ2v) is 4.96. The Balaban J connectivity index is 2.54. The minimum Gasteiger partial charge on any atom is -0.481 e. The molecular weight excluding hydrogens is 240 g/mol. The SMILES string of the molecule is CC(C)(Cc1c(F)cc2cc[nH]c2c1F)C(=O)O. The summed E-state index contributed by atoms with van der Waals surface area (Å²) in [5.41, 5.74) is -1.22. The van der Waals surface area contributed by atoms with Gasteiger partial charge >= 0.3 is 5.97 Å². The van der Waals surface area contributed by atoms with Gasteiger partial charge in [0.15, 0.2) is 5.82 Å². The lowest BCUT2D eigenvalue weighted by atomic mass is 9.85. The molecular formula is C13H13F2NO2. The first kappa shape index (κ1) is 12.5. The first-order valence-electron chi connectivity index (χ1n) is 5.50. The van der Waals surface area contributed by atoms with E-state index in [1.54, 1.807) is 6.07 Å². The zero-order valence-electron chi connectivity index (χ0n) is 10.1. The Labute approximate surface area is 102 Å².